The average Bonchev–Trinajstić information content (AvgIpc) is 2.42. The Morgan fingerprint density at radius 2 is 1.80 bits per heavy atom. The quantitative estimate of drug-likeness (QED) is 0.751. The Morgan fingerprint density at radius 3 is 2.20 bits per heavy atom. The molecule has 0 aromatic rings. The normalized spacial score (nSPS) is 26.2. The van der Waals surface area contributed by atoms with Crippen LogP contribution in [0.15, 0.2) is 11.6 Å². The highest BCUT2D eigenvalue weighted by Gasteiger charge is 2.31. The molecule has 0 saturated heterocycles. The lowest BCUT2D eigenvalue weighted by Gasteiger charge is -2.39. The second kappa shape index (κ2) is 7.28. The van der Waals surface area contributed by atoms with Crippen LogP contribution in [0.2, 0.25) is 0 Å². The number of hydrogen-bond donors (Lipinski definition) is 1. The molecule has 1 saturated carbocycles. The zero-order chi connectivity index (χ0) is 15.3. The third-order valence-corrected chi connectivity index (χ3v) is 5.12. The molecule has 0 spiro atoms. The molecule has 2 nitrogen and oxygen atoms in total. The maximum absolute atomic E-state index is 11.7. The first-order valence-corrected chi connectivity index (χ1v) is 8.20. The Balaban J connectivity index is 2.64. The Bertz CT molecular complexity index is 343. The van der Waals surface area contributed by atoms with E-state index in [9.17, 15) is 4.79 Å². The third kappa shape index (κ3) is 4.64. The molecule has 1 N–H and O–H groups in total. The van der Waals surface area contributed by atoms with Crippen molar-refractivity contribution in [3.63, 3.8) is 0 Å². The molecule has 2 heteroatoms. The van der Waals surface area contributed by atoms with Gasteiger partial charge in [-0.3, -0.25) is 4.79 Å². The predicted molar refractivity (Wildman–Crippen MR) is 86.5 cm³/mol. The van der Waals surface area contributed by atoms with E-state index >= 15 is 0 Å². The van der Waals surface area contributed by atoms with Crippen molar-refractivity contribution >= 4 is 5.91 Å². The van der Waals surface area contributed by atoms with Crippen molar-refractivity contribution in [2.45, 2.75) is 66.7 Å². The van der Waals surface area contributed by atoms with Crippen LogP contribution >= 0.6 is 0 Å². The van der Waals surface area contributed by atoms with Gasteiger partial charge in [0.25, 0.3) is 0 Å². The molecule has 0 heterocycles. The summed E-state index contributed by atoms with van der Waals surface area (Å²) in [6, 6.07) is 0. The van der Waals surface area contributed by atoms with E-state index in [0.717, 1.165) is 23.8 Å². The van der Waals surface area contributed by atoms with Gasteiger partial charge in [-0.1, -0.05) is 33.8 Å². The molecule has 0 aromatic heterocycles. The SMILES string of the molecule is CCC(/C=C(\C)C(=O)NC)C1CCC(C(C)(C)C)CC1. The Kier molecular flexibility index (Phi) is 6.29. The van der Waals surface area contributed by atoms with Crippen LogP contribution in [0.5, 0.6) is 0 Å². The maximum atomic E-state index is 11.7. The summed E-state index contributed by atoms with van der Waals surface area (Å²) < 4.78 is 0. The van der Waals surface area contributed by atoms with Gasteiger partial charge in [-0.2, -0.15) is 0 Å². The van der Waals surface area contributed by atoms with Crippen molar-refractivity contribution in [2.24, 2.45) is 23.2 Å². The molecule has 1 fully saturated rings. The fourth-order valence-electron chi connectivity index (χ4n) is 3.59. The van der Waals surface area contributed by atoms with Gasteiger partial charge in [-0.25, -0.2) is 0 Å². The predicted octanol–water partition coefficient (Wildman–Crippen LogP) is 4.56. The monoisotopic (exact) mass is 279 g/mol. The lowest BCUT2D eigenvalue weighted by Crippen LogP contribution is -2.28. The van der Waals surface area contributed by atoms with Gasteiger partial charge in [0.1, 0.15) is 0 Å². The average molecular weight is 279 g/mol. The van der Waals surface area contributed by atoms with Gasteiger partial charge in [-0.05, 0) is 62.2 Å². The molecule has 1 amide bonds. The van der Waals surface area contributed by atoms with Crippen LogP contribution < -0.4 is 5.32 Å². The van der Waals surface area contributed by atoms with Gasteiger partial charge in [0.05, 0.1) is 0 Å². The molecule has 0 radical (unpaired) electrons. The molecule has 1 rings (SSSR count). The van der Waals surface area contributed by atoms with Gasteiger partial charge in [0, 0.05) is 12.6 Å². The van der Waals surface area contributed by atoms with Crippen molar-refractivity contribution in [1.82, 2.24) is 5.32 Å². The van der Waals surface area contributed by atoms with Crippen molar-refractivity contribution in [2.75, 3.05) is 7.05 Å². The minimum atomic E-state index is 0.0619. The van der Waals surface area contributed by atoms with Gasteiger partial charge >= 0.3 is 0 Å². The first-order chi connectivity index (χ1) is 9.29. The topological polar surface area (TPSA) is 29.1 Å². The standard InChI is InChI=1S/C18H33NO/c1-7-14(12-13(2)17(20)19-6)15-8-10-16(11-9-15)18(3,4)5/h12,14-16H,7-11H2,1-6H3,(H,19,20)/b13-12+. The highest BCUT2D eigenvalue weighted by Crippen LogP contribution is 2.42. The number of rotatable bonds is 4. The summed E-state index contributed by atoms with van der Waals surface area (Å²) in [7, 11) is 1.70. The summed E-state index contributed by atoms with van der Waals surface area (Å²) >= 11 is 0. The maximum Gasteiger partial charge on any atom is 0.246 e. The van der Waals surface area contributed by atoms with Crippen molar-refractivity contribution < 1.29 is 4.79 Å². The molecule has 0 bridgehead atoms. The first-order valence-electron chi connectivity index (χ1n) is 8.20. The largest absolute Gasteiger partial charge is 0.355 e. The highest BCUT2D eigenvalue weighted by molar-refractivity contribution is 5.92. The molecule has 1 aliphatic carbocycles. The van der Waals surface area contributed by atoms with Crippen LogP contribution in [-0.2, 0) is 4.79 Å². The first kappa shape index (κ1) is 17.3. The molecule has 20 heavy (non-hydrogen) atoms. The lowest BCUT2D eigenvalue weighted by atomic mass is 9.67. The molecule has 0 aliphatic heterocycles. The van der Waals surface area contributed by atoms with Crippen molar-refractivity contribution in [1.29, 1.82) is 0 Å². The highest BCUT2D eigenvalue weighted by atomic mass is 16.1. The second-order valence-corrected chi connectivity index (χ2v) is 7.48. The van der Waals surface area contributed by atoms with E-state index in [-0.39, 0.29) is 5.91 Å². The Morgan fingerprint density at radius 1 is 1.25 bits per heavy atom. The summed E-state index contributed by atoms with van der Waals surface area (Å²) in [5.41, 5.74) is 1.32. The molecular formula is C18H33NO. The van der Waals surface area contributed by atoms with Crippen LogP contribution in [-0.4, -0.2) is 13.0 Å². The van der Waals surface area contributed by atoms with Gasteiger partial charge in [0.15, 0.2) is 0 Å². The van der Waals surface area contributed by atoms with Crippen LogP contribution in [0.25, 0.3) is 0 Å². The van der Waals surface area contributed by atoms with Crippen LogP contribution in [0.4, 0.5) is 0 Å². The number of amides is 1. The summed E-state index contributed by atoms with van der Waals surface area (Å²) in [6.07, 6.45) is 8.67. The van der Waals surface area contributed by atoms with E-state index in [1.165, 1.54) is 25.7 Å². The van der Waals surface area contributed by atoms with E-state index < -0.39 is 0 Å². The second-order valence-electron chi connectivity index (χ2n) is 7.48. The van der Waals surface area contributed by atoms with Gasteiger partial charge in [0.2, 0.25) is 5.91 Å². The van der Waals surface area contributed by atoms with E-state index in [4.69, 9.17) is 0 Å². The third-order valence-electron chi connectivity index (χ3n) is 5.12. The number of hydrogen-bond acceptors (Lipinski definition) is 1. The Hall–Kier alpha value is -0.790. The summed E-state index contributed by atoms with van der Waals surface area (Å²) in [6.45, 7) is 11.3. The van der Waals surface area contributed by atoms with E-state index in [2.05, 4.69) is 39.1 Å². The van der Waals surface area contributed by atoms with Crippen LogP contribution in [0.1, 0.15) is 66.7 Å². The van der Waals surface area contributed by atoms with E-state index in [1.807, 2.05) is 6.92 Å². The van der Waals surface area contributed by atoms with Gasteiger partial charge < -0.3 is 5.32 Å². The number of carbonyl (C=O) groups is 1. The van der Waals surface area contributed by atoms with E-state index in [1.54, 1.807) is 7.05 Å². The number of likely N-dealkylation sites (N-methyl/N-ethyl adjacent to an activating group) is 1. The van der Waals surface area contributed by atoms with Crippen LogP contribution in [0.3, 0.4) is 0 Å². The summed E-state index contributed by atoms with van der Waals surface area (Å²) in [5.74, 6) is 2.25. The molecule has 1 unspecified atom stereocenters. The smallest absolute Gasteiger partial charge is 0.246 e. The van der Waals surface area contributed by atoms with E-state index in [0.29, 0.717) is 11.3 Å². The zero-order valence-electron chi connectivity index (χ0n) is 14.3. The lowest BCUT2D eigenvalue weighted by molar-refractivity contribution is -0.117. The minimum absolute atomic E-state index is 0.0619. The zero-order valence-corrected chi connectivity index (χ0v) is 14.3. The number of nitrogens with one attached hydrogen (secondary N) is 1. The molecule has 1 aliphatic rings. The fourth-order valence-corrected chi connectivity index (χ4v) is 3.59. The molecule has 116 valence electrons. The fraction of sp³-hybridized carbons (Fsp3) is 0.833. The van der Waals surface area contributed by atoms with Crippen LogP contribution in [0, 0.1) is 23.2 Å². The van der Waals surface area contributed by atoms with Gasteiger partial charge in [-0.15, -0.1) is 0 Å². The Labute approximate surface area is 125 Å². The number of allylic oxidation sites excluding steroid dienone is 1. The molecular weight excluding hydrogens is 246 g/mol. The number of carbonyl (C=O) groups excluding carboxylic acids is 1. The summed E-state index contributed by atoms with van der Waals surface area (Å²) in [4.78, 5) is 11.7. The summed E-state index contributed by atoms with van der Waals surface area (Å²) in [5, 5.41) is 2.72. The minimum Gasteiger partial charge on any atom is -0.355 e. The van der Waals surface area contributed by atoms with Crippen molar-refractivity contribution in [3.05, 3.63) is 11.6 Å². The van der Waals surface area contributed by atoms with Crippen molar-refractivity contribution in [3.8, 4) is 0 Å². The molecule has 1 atom stereocenters. The molecule has 0 aromatic carbocycles.